The van der Waals surface area contributed by atoms with Gasteiger partial charge in [0.25, 0.3) is 0 Å². The summed E-state index contributed by atoms with van der Waals surface area (Å²) in [5.41, 5.74) is 0. The zero-order valence-corrected chi connectivity index (χ0v) is 9.18. The summed E-state index contributed by atoms with van der Waals surface area (Å²) >= 11 is 1.28. The molecule has 3 heteroatoms. The van der Waals surface area contributed by atoms with Crippen LogP contribution in [0.5, 0.6) is 0 Å². The molecule has 9 heavy (non-hydrogen) atoms. The second-order valence-corrected chi connectivity index (χ2v) is 3.63. The molecule has 0 amide bonds. The van der Waals surface area contributed by atoms with E-state index in [0.717, 1.165) is 0 Å². The molecule has 0 rings (SSSR count). The Morgan fingerprint density at radius 3 is 1.44 bits per heavy atom. The van der Waals surface area contributed by atoms with E-state index >= 15 is 0 Å². The second kappa shape index (κ2) is 4.30. The van der Waals surface area contributed by atoms with Crippen molar-refractivity contribution in [3.63, 3.8) is 0 Å². The molecule has 0 N–H and O–H groups in total. The third kappa shape index (κ3) is 3.22. The lowest BCUT2D eigenvalue weighted by Crippen LogP contribution is -2.39. The van der Waals surface area contributed by atoms with Gasteiger partial charge in [-0.2, -0.15) is 0 Å². The summed E-state index contributed by atoms with van der Waals surface area (Å²) in [6.45, 7) is 0. The zero-order valence-electron chi connectivity index (χ0n) is 7.18. The highest BCUT2D eigenvalue weighted by atomic mass is 27.0. The maximum atomic E-state index is 2.26. The van der Waals surface area contributed by atoms with Gasteiger partial charge >= 0.3 is 0 Å². The number of hydrogen-bond acceptors (Lipinski definition) is 2. The van der Waals surface area contributed by atoms with Crippen LogP contribution in [0, 0.1) is 0 Å². The van der Waals surface area contributed by atoms with E-state index in [1.165, 1.54) is 21.6 Å². The highest BCUT2D eigenvalue weighted by Crippen LogP contribution is 1.99. The Balaban J connectivity index is 3.68. The van der Waals surface area contributed by atoms with E-state index in [1.807, 2.05) is 0 Å². The standard InChI is InChI=1S/C6H15N2.Al.2H/c1-6(7(2)3)8(4)5;;;/h6H,1H2,2-5H3;;;. The van der Waals surface area contributed by atoms with Crippen LogP contribution in [0.2, 0.25) is 5.28 Å². The molecule has 0 heterocycles. The third-order valence-electron chi connectivity index (χ3n) is 1.56. The molecular weight excluding hydrogens is 127 g/mol. The van der Waals surface area contributed by atoms with Crippen molar-refractivity contribution in [3.8, 4) is 0 Å². The van der Waals surface area contributed by atoms with E-state index in [4.69, 9.17) is 0 Å². The predicted molar refractivity (Wildman–Crippen MR) is 44.5 cm³/mol. The van der Waals surface area contributed by atoms with Crippen LogP contribution < -0.4 is 0 Å². The molecule has 0 radical (unpaired) electrons. The van der Waals surface area contributed by atoms with E-state index in [1.54, 1.807) is 0 Å². The molecular formula is C6H17AlN2. The fourth-order valence-corrected chi connectivity index (χ4v) is 2.65. The van der Waals surface area contributed by atoms with Crippen molar-refractivity contribution >= 4 is 16.3 Å². The maximum Gasteiger partial charge on any atom is 0.216 e. The maximum absolute atomic E-state index is 2.26. The molecule has 0 aliphatic rings. The van der Waals surface area contributed by atoms with Gasteiger partial charge in [-0.25, -0.2) is 0 Å². The summed E-state index contributed by atoms with van der Waals surface area (Å²) in [7, 11) is 8.51. The lowest BCUT2D eigenvalue weighted by atomic mass is 10.5. The van der Waals surface area contributed by atoms with Crippen LogP contribution in [-0.4, -0.2) is 60.4 Å². The van der Waals surface area contributed by atoms with Crippen LogP contribution in [0.4, 0.5) is 0 Å². The van der Waals surface area contributed by atoms with Gasteiger partial charge < -0.3 is 0 Å². The highest BCUT2D eigenvalue weighted by molar-refractivity contribution is 6.08. The van der Waals surface area contributed by atoms with Crippen LogP contribution in [0.3, 0.4) is 0 Å². The predicted octanol–water partition coefficient (Wildman–Crippen LogP) is -0.513. The molecule has 0 unspecified atom stereocenters. The van der Waals surface area contributed by atoms with Crippen molar-refractivity contribution in [2.75, 3.05) is 28.2 Å². The van der Waals surface area contributed by atoms with E-state index in [-0.39, 0.29) is 0 Å². The Hall–Kier alpha value is 0.452. The summed E-state index contributed by atoms with van der Waals surface area (Å²) in [5.74, 6) is 0. The molecule has 0 aromatic carbocycles. The molecule has 0 spiro atoms. The SMILES string of the molecule is CN(C)C([CH2][AlH2])N(C)C. The monoisotopic (exact) mass is 144 g/mol. The molecule has 2 nitrogen and oxygen atoms in total. The molecule has 0 aromatic rings. The van der Waals surface area contributed by atoms with Gasteiger partial charge in [0, 0.05) is 6.17 Å². The summed E-state index contributed by atoms with van der Waals surface area (Å²) < 4.78 is 0. The summed E-state index contributed by atoms with van der Waals surface area (Å²) in [6, 6.07) is 0. The van der Waals surface area contributed by atoms with Gasteiger partial charge in [0.15, 0.2) is 0 Å². The van der Waals surface area contributed by atoms with Gasteiger partial charge in [-0.3, -0.25) is 9.80 Å². The molecule has 0 atom stereocenters. The Labute approximate surface area is 66.2 Å². The van der Waals surface area contributed by atoms with Gasteiger partial charge in [0.1, 0.15) is 0 Å². The minimum Gasteiger partial charge on any atom is -0.295 e. The summed E-state index contributed by atoms with van der Waals surface area (Å²) in [4.78, 5) is 4.51. The van der Waals surface area contributed by atoms with E-state index in [2.05, 4.69) is 38.0 Å². The summed E-state index contributed by atoms with van der Waals surface area (Å²) in [6.07, 6.45) is 0.650. The second-order valence-electron chi connectivity index (χ2n) is 2.82. The molecule has 0 aliphatic heterocycles. The van der Waals surface area contributed by atoms with Gasteiger partial charge in [-0.15, -0.1) is 0 Å². The van der Waals surface area contributed by atoms with Crippen LogP contribution in [0.25, 0.3) is 0 Å². The van der Waals surface area contributed by atoms with Gasteiger partial charge in [0.05, 0.1) is 0 Å². The Kier molecular flexibility index (Phi) is 4.51. The van der Waals surface area contributed by atoms with E-state index in [0.29, 0.717) is 6.17 Å². The molecule has 0 aliphatic carbocycles. The molecule has 0 bridgehead atoms. The van der Waals surface area contributed by atoms with Crippen LogP contribution in [0.1, 0.15) is 0 Å². The average Bonchev–Trinajstić information content (AvgIpc) is 1.64. The quantitative estimate of drug-likeness (QED) is 0.389. The van der Waals surface area contributed by atoms with Crippen LogP contribution in [-0.2, 0) is 0 Å². The van der Waals surface area contributed by atoms with Gasteiger partial charge in [-0.1, -0.05) is 5.28 Å². The van der Waals surface area contributed by atoms with E-state index in [9.17, 15) is 0 Å². The topological polar surface area (TPSA) is 6.48 Å². The minimum absolute atomic E-state index is 0.650. The van der Waals surface area contributed by atoms with E-state index < -0.39 is 0 Å². The normalized spacial score (nSPS) is 11.9. The number of hydrogen-bond donors (Lipinski definition) is 0. The molecule has 54 valence electrons. The van der Waals surface area contributed by atoms with Crippen molar-refractivity contribution in [1.29, 1.82) is 0 Å². The van der Waals surface area contributed by atoms with Crippen molar-refractivity contribution in [3.05, 3.63) is 0 Å². The van der Waals surface area contributed by atoms with Gasteiger partial charge in [-0.05, 0) is 28.2 Å². The number of nitrogens with zero attached hydrogens (tertiary/aromatic N) is 2. The molecule has 0 saturated carbocycles. The third-order valence-corrected chi connectivity index (χ3v) is 2.29. The van der Waals surface area contributed by atoms with Crippen molar-refractivity contribution < 1.29 is 0 Å². The molecule has 0 fully saturated rings. The Morgan fingerprint density at radius 2 is 1.44 bits per heavy atom. The zero-order chi connectivity index (χ0) is 7.44. The largest absolute Gasteiger partial charge is 0.295 e. The average molecular weight is 144 g/mol. The Bertz CT molecular complexity index is 65.5. The first kappa shape index (κ1) is 9.45. The fourth-order valence-electron chi connectivity index (χ4n) is 1.19. The molecule has 0 saturated heterocycles. The minimum atomic E-state index is 0.650. The smallest absolute Gasteiger partial charge is 0.216 e. The highest BCUT2D eigenvalue weighted by Gasteiger charge is 2.08. The fraction of sp³-hybridized carbons (Fsp3) is 1.00. The lowest BCUT2D eigenvalue weighted by Gasteiger charge is -2.29. The van der Waals surface area contributed by atoms with Crippen molar-refractivity contribution in [2.45, 2.75) is 11.4 Å². The van der Waals surface area contributed by atoms with Crippen LogP contribution >= 0.6 is 0 Å². The van der Waals surface area contributed by atoms with Crippen molar-refractivity contribution in [1.82, 2.24) is 9.80 Å². The lowest BCUT2D eigenvalue weighted by molar-refractivity contribution is 0.148. The molecule has 0 aromatic heterocycles. The van der Waals surface area contributed by atoms with Gasteiger partial charge in [0.2, 0.25) is 16.3 Å². The first-order chi connectivity index (χ1) is 4.09. The van der Waals surface area contributed by atoms with Crippen molar-refractivity contribution in [2.24, 2.45) is 0 Å². The first-order valence-electron chi connectivity index (χ1n) is 3.42. The first-order valence-corrected chi connectivity index (χ1v) is 4.83. The summed E-state index contributed by atoms with van der Waals surface area (Å²) in [5, 5.41) is 1.32. The Morgan fingerprint density at radius 1 is 1.11 bits per heavy atom. The number of rotatable bonds is 3. The van der Waals surface area contributed by atoms with Crippen LogP contribution in [0.15, 0.2) is 0 Å².